The van der Waals surface area contributed by atoms with E-state index in [1.165, 1.54) is 9.80 Å². The van der Waals surface area contributed by atoms with Crippen molar-refractivity contribution >= 4 is 50.4 Å². The number of rotatable bonds is 2. The summed E-state index contributed by atoms with van der Waals surface area (Å²) in [5.74, 6) is -0.133. The third-order valence-corrected chi connectivity index (χ3v) is 6.86. The number of sulfone groups is 1. The van der Waals surface area contributed by atoms with Gasteiger partial charge < -0.3 is 0 Å². The molecule has 2 amide bonds. The van der Waals surface area contributed by atoms with Crippen molar-refractivity contribution < 1.29 is 13.2 Å². The van der Waals surface area contributed by atoms with E-state index < -0.39 is 21.9 Å². The average Bonchev–Trinajstić information content (AvgIpc) is 2.99. The Morgan fingerprint density at radius 2 is 1.48 bits per heavy atom. The number of urea groups is 1. The zero-order chi connectivity index (χ0) is 17.8. The van der Waals surface area contributed by atoms with Crippen molar-refractivity contribution in [1.29, 1.82) is 0 Å². The standard InChI is InChI=1S/C17H14Cl2N2O3S/c18-11-5-7-12(8-6-11)20-15-9-25(23,24)10-16(15)21(17(20)22)14-4-2-1-3-13(14)19/h1-8,15-16H,9-10H2. The van der Waals surface area contributed by atoms with Crippen LogP contribution in [-0.2, 0) is 9.84 Å². The molecule has 2 aromatic carbocycles. The van der Waals surface area contributed by atoms with Gasteiger partial charge in [-0.2, -0.15) is 0 Å². The van der Waals surface area contributed by atoms with Gasteiger partial charge in [-0.15, -0.1) is 0 Å². The first-order valence-corrected chi connectivity index (χ1v) is 10.3. The molecule has 4 rings (SSSR count). The van der Waals surface area contributed by atoms with Crippen molar-refractivity contribution in [2.24, 2.45) is 0 Å². The third-order valence-electron chi connectivity index (χ3n) is 4.59. The van der Waals surface area contributed by atoms with Crippen molar-refractivity contribution in [2.75, 3.05) is 21.3 Å². The summed E-state index contributed by atoms with van der Waals surface area (Å²) < 4.78 is 24.4. The number of para-hydroxylation sites is 1. The van der Waals surface area contributed by atoms with Crippen molar-refractivity contribution in [1.82, 2.24) is 0 Å². The summed E-state index contributed by atoms with van der Waals surface area (Å²) in [5.41, 5.74) is 1.15. The van der Waals surface area contributed by atoms with Gasteiger partial charge >= 0.3 is 6.03 Å². The van der Waals surface area contributed by atoms with Crippen LogP contribution in [0.4, 0.5) is 16.2 Å². The molecule has 8 heteroatoms. The summed E-state index contributed by atoms with van der Waals surface area (Å²) in [7, 11) is -3.24. The second kappa shape index (κ2) is 5.90. The van der Waals surface area contributed by atoms with Gasteiger partial charge in [0.2, 0.25) is 0 Å². The van der Waals surface area contributed by atoms with E-state index in [-0.39, 0.29) is 17.5 Å². The molecule has 2 heterocycles. The van der Waals surface area contributed by atoms with Gasteiger partial charge in [-0.05, 0) is 36.4 Å². The second-order valence-electron chi connectivity index (χ2n) is 6.16. The maximum absolute atomic E-state index is 13.1. The number of carbonyl (C=O) groups excluding carboxylic acids is 1. The third kappa shape index (κ3) is 2.78. The Kier molecular flexibility index (Phi) is 3.94. The zero-order valence-electron chi connectivity index (χ0n) is 13.0. The monoisotopic (exact) mass is 396 g/mol. The molecule has 0 spiro atoms. The van der Waals surface area contributed by atoms with Crippen LogP contribution in [0.5, 0.6) is 0 Å². The number of hydrogen-bond donors (Lipinski definition) is 0. The SMILES string of the molecule is O=C1N(c2ccc(Cl)cc2)C2CS(=O)(=O)CC2N1c1ccccc1Cl. The van der Waals surface area contributed by atoms with Crippen LogP contribution in [0, 0.1) is 0 Å². The lowest BCUT2D eigenvalue weighted by Gasteiger charge is -2.23. The van der Waals surface area contributed by atoms with E-state index in [4.69, 9.17) is 23.2 Å². The fourth-order valence-corrected chi connectivity index (χ4v) is 5.81. The highest BCUT2D eigenvalue weighted by Crippen LogP contribution is 2.40. The van der Waals surface area contributed by atoms with Crippen molar-refractivity contribution in [3.63, 3.8) is 0 Å². The largest absolute Gasteiger partial charge is 0.329 e. The zero-order valence-corrected chi connectivity index (χ0v) is 15.3. The number of nitrogens with zero attached hydrogens (tertiary/aromatic N) is 2. The lowest BCUT2D eigenvalue weighted by Crippen LogP contribution is -2.38. The molecule has 2 atom stereocenters. The van der Waals surface area contributed by atoms with E-state index in [1.54, 1.807) is 48.5 Å². The average molecular weight is 397 g/mol. The molecule has 5 nitrogen and oxygen atoms in total. The number of anilines is 2. The number of amides is 2. The van der Waals surface area contributed by atoms with Gasteiger partial charge in [-0.1, -0.05) is 35.3 Å². The molecular formula is C17H14Cl2N2O3S. The maximum atomic E-state index is 13.1. The Morgan fingerprint density at radius 1 is 0.880 bits per heavy atom. The number of hydrogen-bond acceptors (Lipinski definition) is 3. The highest BCUT2D eigenvalue weighted by molar-refractivity contribution is 7.91. The van der Waals surface area contributed by atoms with Crippen LogP contribution in [0.3, 0.4) is 0 Å². The summed E-state index contributed by atoms with van der Waals surface area (Å²) >= 11 is 12.2. The second-order valence-corrected chi connectivity index (χ2v) is 9.16. The Hall–Kier alpha value is -1.76. The predicted octanol–water partition coefficient (Wildman–Crippen LogP) is 3.61. The molecule has 2 aliphatic heterocycles. The van der Waals surface area contributed by atoms with Crippen LogP contribution in [-0.4, -0.2) is 38.0 Å². The molecule has 2 fully saturated rings. The van der Waals surface area contributed by atoms with Gasteiger partial charge in [-0.25, -0.2) is 13.2 Å². The number of halogens is 2. The van der Waals surface area contributed by atoms with Crippen LogP contribution >= 0.6 is 23.2 Å². The molecule has 2 aliphatic rings. The van der Waals surface area contributed by atoms with E-state index in [2.05, 4.69) is 0 Å². The Balaban J connectivity index is 1.83. The Bertz CT molecular complexity index is 947. The van der Waals surface area contributed by atoms with Gasteiger partial charge in [0.25, 0.3) is 0 Å². The topological polar surface area (TPSA) is 57.7 Å². The van der Waals surface area contributed by atoms with Crippen LogP contribution in [0.15, 0.2) is 48.5 Å². The molecule has 25 heavy (non-hydrogen) atoms. The first-order valence-electron chi connectivity index (χ1n) is 7.70. The molecule has 0 radical (unpaired) electrons. The first kappa shape index (κ1) is 16.7. The molecule has 2 saturated heterocycles. The van der Waals surface area contributed by atoms with Gasteiger partial charge in [0.1, 0.15) is 0 Å². The van der Waals surface area contributed by atoms with Crippen LogP contribution in [0.2, 0.25) is 10.0 Å². The van der Waals surface area contributed by atoms with Crippen LogP contribution in [0.25, 0.3) is 0 Å². The Labute approximate surface area is 155 Å². The minimum Gasteiger partial charge on any atom is -0.288 e. The minimum atomic E-state index is -3.24. The molecule has 130 valence electrons. The summed E-state index contributed by atoms with van der Waals surface area (Å²) in [6, 6.07) is 12.6. The van der Waals surface area contributed by atoms with Gasteiger partial charge in [0.15, 0.2) is 9.84 Å². The molecule has 2 unspecified atom stereocenters. The maximum Gasteiger partial charge on any atom is 0.329 e. The van der Waals surface area contributed by atoms with Gasteiger partial charge in [0, 0.05) is 10.7 Å². The normalized spacial score (nSPS) is 24.6. The van der Waals surface area contributed by atoms with Crippen molar-refractivity contribution in [3.8, 4) is 0 Å². The molecule has 0 saturated carbocycles. The minimum absolute atomic E-state index is 0.0625. The van der Waals surface area contributed by atoms with Crippen LogP contribution < -0.4 is 9.80 Å². The summed E-state index contributed by atoms with van der Waals surface area (Å²) in [6.45, 7) is 0. The van der Waals surface area contributed by atoms with Gasteiger partial charge in [-0.3, -0.25) is 9.80 Å². The van der Waals surface area contributed by atoms with E-state index in [1.807, 2.05) is 0 Å². The molecule has 0 aromatic heterocycles. The van der Waals surface area contributed by atoms with Crippen molar-refractivity contribution in [2.45, 2.75) is 12.1 Å². The van der Waals surface area contributed by atoms with E-state index in [0.29, 0.717) is 21.4 Å². The smallest absolute Gasteiger partial charge is 0.288 e. The van der Waals surface area contributed by atoms with E-state index in [9.17, 15) is 13.2 Å². The molecular weight excluding hydrogens is 383 g/mol. The number of fused-ring (bicyclic) bond motifs is 1. The van der Waals surface area contributed by atoms with Crippen molar-refractivity contribution in [3.05, 3.63) is 58.6 Å². The molecule has 2 aromatic rings. The summed E-state index contributed by atoms with van der Waals surface area (Å²) in [4.78, 5) is 16.2. The summed E-state index contributed by atoms with van der Waals surface area (Å²) in [6.07, 6.45) is 0. The highest BCUT2D eigenvalue weighted by atomic mass is 35.5. The van der Waals surface area contributed by atoms with E-state index in [0.717, 1.165) is 0 Å². The molecule has 0 bridgehead atoms. The predicted molar refractivity (Wildman–Crippen MR) is 99.5 cm³/mol. The first-order chi connectivity index (χ1) is 11.9. The Morgan fingerprint density at radius 3 is 2.12 bits per heavy atom. The highest BCUT2D eigenvalue weighted by Gasteiger charge is 2.54. The quantitative estimate of drug-likeness (QED) is 0.728. The lowest BCUT2D eigenvalue weighted by atomic mass is 10.1. The molecule has 0 N–H and O–H groups in total. The summed E-state index contributed by atoms with van der Waals surface area (Å²) in [5, 5.41) is 0.964. The van der Waals surface area contributed by atoms with Gasteiger partial charge in [0.05, 0.1) is 34.3 Å². The fraction of sp³-hybridized carbons (Fsp3) is 0.235. The lowest BCUT2D eigenvalue weighted by molar-refractivity contribution is 0.255. The van der Waals surface area contributed by atoms with E-state index >= 15 is 0 Å². The van der Waals surface area contributed by atoms with Crippen LogP contribution in [0.1, 0.15) is 0 Å². The fourth-order valence-electron chi connectivity index (χ4n) is 3.54. The number of carbonyl (C=O) groups is 1. The molecule has 0 aliphatic carbocycles. The number of benzene rings is 2.